The third kappa shape index (κ3) is 6.00. The van der Waals surface area contributed by atoms with Crippen molar-refractivity contribution in [2.24, 2.45) is 0 Å². The number of anilines is 1. The molecule has 1 saturated heterocycles. The number of benzene rings is 2. The minimum Gasteiger partial charge on any atom is -0.462 e. The average molecular weight is 480 g/mol. The maximum absolute atomic E-state index is 14.3. The number of hydrogen-bond acceptors (Lipinski definition) is 5. The Balaban J connectivity index is 1.97. The number of ether oxygens (including phenoxy) is 2. The molecule has 0 amide bonds. The van der Waals surface area contributed by atoms with Crippen LogP contribution in [0.15, 0.2) is 66.7 Å². The van der Waals surface area contributed by atoms with Crippen molar-refractivity contribution < 1.29 is 23.5 Å². The van der Waals surface area contributed by atoms with Crippen LogP contribution >= 0.6 is 0 Å². The number of likely N-dealkylation sites (N-methyl/N-ethyl adjacent to an activating group) is 1. The molecule has 2 aromatic rings. The molecular formula is C29H39N2O4+. The van der Waals surface area contributed by atoms with Gasteiger partial charge in [0.05, 0.1) is 39.5 Å². The first-order valence-corrected chi connectivity index (χ1v) is 12.4. The summed E-state index contributed by atoms with van der Waals surface area (Å²) in [5.41, 5.74) is 2.43. The highest BCUT2D eigenvalue weighted by Gasteiger charge is 2.51. The molecule has 0 aromatic heterocycles. The smallest absolute Gasteiger partial charge is 0.339 e. The van der Waals surface area contributed by atoms with E-state index in [9.17, 15) is 9.59 Å². The fourth-order valence-corrected chi connectivity index (χ4v) is 5.06. The molecule has 6 nitrogen and oxygen atoms in total. The van der Waals surface area contributed by atoms with E-state index in [-0.39, 0.29) is 5.78 Å². The van der Waals surface area contributed by atoms with Gasteiger partial charge >= 0.3 is 5.97 Å². The fourth-order valence-electron chi connectivity index (χ4n) is 5.06. The molecule has 1 fully saturated rings. The lowest BCUT2D eigenvalue weighted by Gasteiger charge is -2.47. The first kappa shape index (κ1) is 26.6. The predicted octanol–water partition coefficient (Wildman–Crippen LogP) is 4.29. The van der Waals surface area contributed by atoms with Crippen LogP contribution in [0.3, 0.4) is 0 Å². The van der Waals surface area contributed by atoms with Crippen LogP contribution in [-0.2, 0) is 20.7 Å². The van der Waals surface area contributed by atoms with Crippen LogP contribution in [0, 0.1) is 0 Å². The third-order valence-electron chi connectivity index (χ3n) is 7.16. The number of esters is 1. The Morgan fingerprint density at radius 3 is 2.23 bits per heavy atom. The summed E-state index contributed by atoms with van der Waals surface area (Å²) in [6, 6.07) is 18.0. The van der Waals surface area contributed by atoms with Crippen molar-refractivity contribution in [2.45, 2.75) is 32.2 Å². The molecule has 0 saturated carbocycles. The van der Waals surface area contributed by atoms with Crippen molar-refractivity contribution in [3.63, 3.8) is 0 Å². The van der Waals surface area contributed by atoms with Crippen molar-refractivity contribution in [1.82, 2.24) is 0 Å². The Bertz CT molecular complexity index is 1010. The highest BCUT2D eigenvalue weighted by molar-refractivity contribution is 6.03. The lowest BCUT2D eigenvalue weighted by molar-refractivity contribution is -0.926. The van der Waals surface area contributed by atoms with Gasteiger partial charge in [0.1, 0.15) is 6.54 Å². The molecule has 6 heteroatoms. The predicted molar refractivity (Wildman–Crippen MR) is 140 cm³/mol. The van der Waals surface area contributed by atoms with Crippen LogP contribution in [-0.4, -0.2) is 75.3 Å². The molecule has 0 radical (unpaired) electrons. The molecule has 35 heavy (non-hydrogen) atoms. The molecule has 0 N–H and O–H groups in total. The van der Waals surface area contributed by atoms with Gasteiger partial charge in [-0.05, 0) is 36.8 Å². The van der Waals surface area contributed by atoms with Crippen molar-refractivity contribution in [3.8, 4) is 0 Å². The van der Waals surface area contributed by atoms with Gasteiger partial charge in [0.15, 0.2) is 5.54 Å². The second-order valence-electron chi connectivity index (χ2n) is 9.69. The number of nitrogens with zero attached hydrogens (tertiary/aromatic N) is 2. The zero-order chi connectivity index (χ0) is 25.5. The number of ketones is 1. The number of carbonyl (C=O) groups is 2. The summed E-state index contributed by atoms with van der Waals surface area (Å²) in [5.74, 6) is -0.343. The minimum atomic E-state index is -0.794. The van der Waals surface area contributed by atoms with E-state index in [2.05, 4.69) is 30.5 Å². The summed E-state index contributed by atoms with van der Waals surface area (Å²) in [4.78, 5) is 29.0. The maximum atomic E-state index is 14.3. The van der Waals surface area contributed by atoms with E-state index in [0.29, 0.717) is 54.8 Å². The Kier molecular flexibility index (Phi) is 8.87. The van der Waals surface area contributed by atoms with Gasteiger partial charge in [-0.25, -0.2) is 4.79 Å². The molecule has 0 aliphatic carbocycles. The van der Waals surface area contributed by atoms with E-state index in [1.165, 1.54) is 0 Å². The van der Waals surface area contributed by atoms with Crippen LogP contribution < -0.4 is 4.90 Å². The Morgan fingerprint density at radius 1 is 1.03 bits per heavy atom. The molecule has 1 atom stereocenters. The second-order valence-corrected chi connectivity index (χ2v) is 9.69. The van der Waals surface area contributed by atoms with Gasteiger partial charge in [0.25, 0.3) is 0 Å². The topological polar surface area (TPSA) is 55.8 Å². The van der Waals surface area contributed by atoms with Crippen LogP contribution in [0.25, 0.3) is 0 Å². The van der Waals surface area contributed by atoms with Crippen LogP contribution in [0.2, 0.25) is 0 Å². The number of carbonyl (C=O) groups excluding carboxylic acids is 2. The highest BCUT2D eigenvalue weighted by Crippen LogP contribution is 2.35. The summed E-state index contributed by atoms with van der Waals surface area (Å²) in [6.07, 6.45) is 1.16. The van der Waals surface area contributed by atoms with Gasteiger partial charge in [-0.1, -0.05) is 43.8 Å². The molecule has 0 bridgehead atoms. The van der Waals surface area contributed by atoms with Crippen LogP contribution in [0.5, 0.6) is 0 Å². The number of morpholine rings is 1. The third-order valence-corrected chi connectivity index (χ3v) is 7.16. The molecule has 3 rings (SSSR count). The van der Waals surface area contributed by atoms with Crippen molar-refractivity contribution >= 4 is 17.4 Å². The van der Waals surface area contributed by atoms with Crippen LogP contribution in [0.4, 0.5) is 5.69 Å². The number of rotatable bonds is 11. The number of hydrogen-bond donors (Lipinski definition) is 0. The molecule has 1 aliphatic heterocycles. The van der Waals surface area contributed by atoms with Gasteiger partial charge in [-0.3, -0.25) is 4.79 Å². The largest absolute Gasteiger partial charge is 0.462 e. The first-order chi connectivity index (χ1) is 16.7. The van der Waals surface area contributed by atoms with Gasteiger partial charge in [0, 0.05) is 37.2 Å². The molecule has 188 valence electrons. The van der Waals surface area contributed by atoms with E-state index >= 15 is 0 Å². The van der Waals surface area contributed by atoms with Crippen LogP contribution in [0.1, 0.15) is 36.2 Å². The number of Topliss-reactive ketones (excluding diaryl/α,β-unsaturated/α-hetero) is 1. The normalized spacial score (nSPS) is 15.8. The second kappa shape index (κ2) is 11.6. The molecule has 1 unspecified atom stereocenters. The molecule has 0 spiro atoms. The maximum Gasteiger partial charge on any atom is 0.339 e. The quantitative estimate of drug-likeness (QED) is 0.208. The van der Waals surface area contributed by atoms with Gasteiger partial charge in [-0.2, -0.15) is 0 Å². The molecular weight excluding hydrogens is 440 g/mol. The highest BCUT2D eigenvalue weighted by atomic mass is 16.5. The lowest BCUT2D eigenvalue weighted by Crippen LogP contribution is -2.65. The summed E-state index contributed by atoms with van der Waals surface area (Å²) in [7, 11) is 4.02. The van der Waals surface area contributed by atoms with Crippen molar-refractivity contribution in [3.05, 3.63) is 77.9 Å². The lowest BCUT2D eigenvalue weighted by atomic mass is 9.78. The Morgan fingerprint density at radius 2 is 1.66 bits per heavy atom. The van der Waals surface area contributed by atoms with Crippen molar-refractivity contribution in [2.75, 3.05) is 58.5 Å². The fraction of sp³-hybridized carbons (Fsp3) is 0.448. The minimum absolute atomic E-state index is 0.0686. The molecule has 1 heterocycles. The van der Waals surface area contributed by atoms with E-state index in [1.54, 1.807) is 6.92 Å². The summed E-state index contributed by atoms with van der Waals surface area (Å²) < 4.78 is 10.9. The first-order valence-electron chi connectivity index (χ1n) is 12.4. The van der Waals surface area contributed by atoms with E-state index < -0.39 is 11.5 Å². The van der Waals surface area contributed by atoms with E-state index in [0.717, 1.165) is 24.3 Å². The number of quaternary nitrogens is 1. The Hall–Kier alpha value is -2.96. The zero-order valence-corrected chi connectivity index (χ0v) is 21.6. The molecule has 1 aliphatic rings. The van der Waals surface area contributed by atoms with Gasteiger partial charge in [-0.15, -0.1) is 0 Å². The van der Waals surface area contributed by atoms with Gasteiger partial charge in [0.2, 0.25) is 5.78 Å². The molecule has 2 aromatic carbocycles. The van der Waals surface area contributed by atoms with Crippen molar-refractivity contribution in [1.29, 1.82) is 0 Å². The monoisotopic (exact) mass is 479 g/mol. The average Bonchev–Trinajstić information content (AvgIpc) is 2.88. The van der Waals surface area contributed by atoms with E-state index in [1.807, 2.05) is 56.6 Å². The summed E-state index contributed by atoms with van der Waals surface area (Å²) in [6.45, 7) is 11.6. The van der Waals surface area contributed by atoms with E-state index in [4.69, 9.17) is 9.47 Å². The zero-order valence-electron chi connectivity index (χ0n) is 21.6. The standard InChI is InChI=1S/C29H39N2O4/c1-6-29(21-24-11-9-8-10-12-24,31(4,5)22-23(3)28(33)35-7-2)27(32)25-13-15-26(16-14-25)30-17-19-34-20-18-30/h8-16H,3,6-7,17-22H2,1-2,4-5H3/q+1. The summed E-state index contributed by atoms with van der Waals surface area (Å²) >= 11 is 0. The van der Waals surface area contributed by atoms with Gasteiger partial charge < -0.3 is 18.9 Å². The SMILES string of the molecule is C=C(C[N+](C)(C)C(CC)(Cc1ccccc1)C(=O)c1ccc(N2CCOCC2)cc1)C(=O)OCC. The Labute approximate surface area is 209 Å². The summed E-state index contributed by atoms with van der Waals surface area (Å²) in [5, 5.41) is 0.